The highest BCUT2D eigenvalue weighted by Gasteiger charge is 2.74. The zero-order valence-corrected chi connectivity index (χ0v) is 15.4. The lowest BCUT2D eigenvalue weighted by atomic mass is 9.87. The molecule has 2 heteroatoms. The maximum absolute atomic E-state index is 9.83. The molecule has 1 N–H and O–H groups in total. The highest BCUT2D eigenvalue weighted by molar-refractivity contribution is 5.53. The quantitative estimate of drug-likeness (QED) is 0.882. The number of phenols is 1. The monoisotopic (exact) mass is 333 g/mol. The summed E-state index contributed by atoms with van der Waals surface area (Å²) in [5.74, 6) is 1.05. The van der Waals surface area contributed by atoms with Gasteiger partial charge in [0.2, 0.25) is 0 Å². The second-order valence-electron chi connectivity index (χ2n) is 8.18. The molecule has 0 aromatic heterocycles. The smallest absolute Gasteiger partial charge is 0.115 e. The van der Waals surface area contributed by atoms with Crippen LogP contribution in [0.4, 0.5) is 0 Å². The summed E-state index contributed by atoms with van der Waals surface area (Å²) in [6, 6.07) is 16.4. The first kappa shape index (κ1) is 16.4. The fourth-order valence-electron chi connectivity index (χ4n) is 5.03. The predicted molar refractivity (Wildman–Crippen MR) is 104 cm³/mol. The maximum atomic E-state index is 9.83. The van der Waals surface area contributed by atoms with E-state index in [2.05, 4.69) is 68.2 Å². The third-order valence-corrected chi connectivity index (χ3v) is 6.86. The van der Waals surface area contributed by atoms with E-state index < -0.39 is 0 Å². The van der Waals surface area contributed by atoms with E-state index in [1.807, 2.05) is 12.1 Å². The van der Waals surface area contributed by atoms with E-state index in [9.17, 15) is 5.11 Å². The summed E-state index contributed by atoms with van der Waals surface area (Å²) in [6.45, 7) is 10.2. The van der Waals surface area contributed by atoms with Crippen molar-refractivity contribution in [2.45, 2.75) is 26.2 Å². The van der Waals surface area contributed by atoms with Gasteiger partial charge < -0.3 is 5.11 Å². The molecule has 1 aliphatic heterocycles. The van der Waals surface area contributed by atoms with Crippen LogP contribution in [0.5, 0.6) is 5.75 Å². The van der Waals surface area contributed by atoms with Crippen molar-refractivity contribution >= 4 is 6.08 Å². The van der Waals surface area contributed by atoms with Crippen LogP contribution < -0.4 is 0 Å². The summed E-state index contributed by atoms with van der Waals surface area (Å²) >= 11 is 0. The highest BCUT2D eigenvalue weighted by Crippen LogP contribution is 2.72. The SMILES string of the molecule is Cc1ccccc1/C=C/CN1C[C@@H]2[C@](C)(c3cccc(O)c3)[C@]2(C)C1. The first-order valence-corrected chi connectivity index (χ1v) is 9.19. The third-order valence-electron chi connectivity index (χ3n) is 6.86. The molecule has 0 bridgehead atoms. The number of piperidine rings is 1. The second-order valence-corrected chi connectivity index (χ2v) is 8.18. The number of fused-ring (bicyclic) bond motifs is 1. The Kier molecular flexibility index (Phi) is 3.77. The first-order valence-electron chi connectivity index (χ1n) is 9.19. The molecule has 3 atom stereocenters. The van der Waals surface area contributed by atoms with Gasteiger partial charge in [0, 0.05) is 25.0 Å². The molecule has 0 radical (unpaired) electrons. The Morgan fingerprint density at radius 1 is 1.16 bits per heavy atom. The van der Waals surface area contributed by atoms with Crippen LogP contribution in [-0.4, -0.2) is 29.6 Å². The van der Waals surface area contributed by atoms with Crippen LogP contribution in [0, 0.1) is 18.3 Å². The van der Waals surface area contributed by atoms with E-state index in [0.29, 0.717) is 17.1 Å². The summed E-state index contributed by atoms with van der Waals surface area (Å²) in [7, 11) is 0. The molecule has 2 nitrogen and oxygen atoms in total. The van der Waals surface area contributed by atoms with Gasteiger partial charge in [0.1, 0.15) is 5.75 Å². The van der Waals surface area contributed by atoms with Gasteiger partial charge in [-0.05, 0) is 47.1 Å². The second kappa shape index (κ2) is 5.74. The molecule has 2 aromatic rings. The zero-order chi connectivity index (χ0) is 17.7. The molecule has 2 fully saturated rings. The van der Waals surface area contributed by atoms with Crippen molar-refractivity contribution in [1.29, 1.82) is 0 Å². The van der Waals surface area contributed by atoms with E-state index >= 15 is 0 Å². The zero-order valence-electron chi connectivity index (χ0n) is 15.4. The lowest BCUT2D eigenvalue weighted by Gasteiger charge is -2.27. The average molecular weight is 333 g/mol. The van der Waals surface area contributed by atoms with Crippen LogP contribution in [0.15, 0.2) is 54.6 Å². The minimum Gasteiger partial charge on any atom is -0.508 e. The van der Waals surface area contributed by atoms with E-state index in [0.717, 1.165) is 19.6 Å². The van der Waals surface area contributed by atoms with Gasteiger partial charge in [0.25, 0.3) is 0 Å². The summed E-state index contributed by atoms with van der Waals surface area (Å²) in [5.41, 5.74) is 4.43. The molecule has 1 heterocycles. The molecule has 1 saturated carbocycles. The normalized spacial score (nSPS) is 31.4. The molecule has 2 aliphatic rings. The highest BCUT2D eigenvalue weighted by atomic mass is 16.3. The van der Waals surface area contributed by atoms with Gasteiger partial charge in [0.05, 0.1) is 0 Å². The van der Waals surface area contributed by atoms with Crippen molar-refractivity contribution < 1.29 is 5.11 Å². The molecular formula is C23H27NO. The lowest BCUT2D eigenvalue weighted by molar-refractivity contribution is 0.274. The Labute approximate surface area is 150 Å². The van der Waals surface area contributed by atoms with Crippen molar-refractivity contribution in [2.75, 3.05) is 19.6 Å². The number of rotatable bonds is 4. The van der Waals surface area contributed by atoms with Crippen LogP contribution in [0.2, 0.25) is 0 Å². The van der Waals surface area contributed by atoms with Crippen molar-refractivity contribution in [3.05, 3.63) is 71.3 Å². The average Bonchev–Trinajstić information content (AvgIpc) is 2.88. The Bertz CT molecular complexity index is 826. The largest absolute Gasteiger partial charge is 0.508 e. The van der Waals surface area contributed by atoms with Crippen molar-refractivity contribution in [3.8, 4) is 5.75 Å². The number of phenolic OH excluding ortho intramolecular Hbond substituents is 1. The maximum Gasteiger partial charge on any atom is 0.115 e. The van der Waals surface area contributed by atoms with Gasteiger partial charge in [-0.2, -0.15) is 0 Å². The van der Waals surface area contributed by atoms with Gasteiger partial charge >= 0.3 is 0 Å². The number of aromatic hydroxyl groups is 1. The van der Waals surface area contributed by atoms with Gasteiger partial charge in [-0.25, -0.2) is 0 Å². The van der Waals surface area contributed by atoms with E-state index in [1.165, 1.54) is 16.7 Å². The summed E-state index contributed by atoms with van der Waals surface area (Å²) in [6.07, 6.45) is 4.54. The molecule has 1 saturated heterocycles. The van der Waals surface area contributed by atoms with Gasteiger partial charge in [-0.1, -0.05) is 62.4 Å². The fourth-order valence-corrected chi connectivity index (χ4v) is 5.03. The summed E-state index contributed by atoms with van der Waals surface area (Å²) in [4.78, 5) is 2.56. The summed E-state index contributed by atoms with van der Waals surface area (Å²) in [5, 5.41) is 9.83. The van der Waals surface area contributed by atoms with Gasteiger partial charge in [-0.15, -0.1) is 0 Å². The molecule has 2 aromatic carbocycles. The molecule has 4 rings (SSSR count). The van der Waals surface area contributed by atoms with Crippen LogP contribution >= 0.6 is 0 Å². The minimum absolute atomic E-state index is 0.196. The van der Waals surface area contributed by atoms with Gasteiger partial charge in [0.15, 0.2) is 0 Å². The molecule has 25 heavy (non-hydrogen) atoms. The van der Waals surface area contributed by atoms with E-state index in [-0.39, 0.29) is 5.41 Å². The number of likely N-dealkylation sites (tertiary alicyclic amines) is 1. The number of benzene rings is 2. The Morgan fingerprint density at radius 3 is 2.64 bits per heavy atom. The third kappa shape index (κ3) is 2.51. The molecular weight excluding hydrogens is 306 g/mol. The minimum atomic E-state index is 0.196. The van der Waals surface area contributed by atoms with Crippen molar-refractivity contribution in [1.82, 2.24) is 4.90 Å². The number of nitrogens with zero attached hydrogens (tertiary/aromatic N) is 1. The Balaban J connectivity index is 1.42. The Hall–Kier alpha value is -2.06. The molecule has 0 unspecified atom stereocenters. The molecule has 130 valence electrons. The molecule has 1 aliphatic carbocycles. The van der Waals surface area contributed by atoms with Crippen LogP contribution in [0.3, 0.4) is 0 Å². The molecule has 0 amide bonds. The number of hydrogen-bond donors (Lipinski definition) is 1. The number of aryl methyl sites for hydroxylation is 1. The number of hydrogen-bond acceptors (Lipinski definition) is 2. The first-order chi connectivity index (χ1) is 11.9. The molecule has 0 spiro atoms. The van der Waals surface area contributed by atoms with E-state index in [4.69, 9.17) is 0 Å². The van der Waals surface area contributed by atoms with E-state index in [1.54, 1.807) is 6.07 Å². The van der Waals surface area contributed by atoms with Crippen LogP contribution in [0.1, 0.15) is 30.5 Å². The Morgan fingerprint density at radius 2 is 1.96 bits per heavy atom. The van der Waals surface area contributed by atoms with Gasteiger partial charge in [-0.3, -0.25) is 4.90 Å². The topological polar surface area (TPSA) is 23.5 Å². The van der Waals surface area contributed by atoms with Crippen molar-refractivity contribution in [2.24, 2.45) is 11.3 Å². The van der Waals surface area contributed by atoms with Crippen molar-refractivity contribution in [3.63, 3.8) is 0 Å². The standard InChI is InChI=1S/C23H27NO/c1-17-8-4-5-9-18(17)10-7-13-24-15-21-22(2,16-24)23(21,3)19-11-6-12-20(25)14-19/h4-12,14,21,25H,13,15-16H2,1-3H3/b10-7+/t21-,22+,23-/m0/s1. The van der Waals surface area contributed by atoms with Crippen LogP contribution in [0.25, 0.3) is 6.08 Å². The fraction of sp³-hybridized carbons (Fsp3) is 0.391. The lowest BCUT2D eigenvalue weighted by Crippen LogP contribution is -2.32. The van der Waals surface area contributed by atoms with Crippen LogP contribution in [-0.2, 0) is 5.41 Å². The summed E-state index contributed by atoms with van der Waals surface area (Å²) < 4.78 is 0. The predicted octanol–water partition coefficient (Wildman–Crippen LogP) is 4.62.